The van der Waals surface area contributed by atoms with Crippen molar-refractivity contribution in [3.63, 3.8) is 0 Å². The molecule has 0 spiro atoms. The Labute approximate surface area is 111 Å². The molecule has 0 atom stereocenters. The summed E-state index contributed by atoms with van der Waals surface area (Å²) in [6.07, 6.45) is -0.754. The molecule has 1 aromatic rings. The van der Waals surface area contributed by atoms with Crippen LogP contribution in [0.25, 0.3) is 3.58 Å². The van der Waals surface area contributed by atoms with Crippen molar-refractivity contribution in [3.8, 4) is 0 Å². The van der Waals surface area contributed by atoms with Gasteiger partial charge in [-0.3, -0.25) is 0 Å². The van der Waals surface area contributed by atoms with Gasteiger partial charge in [-0.25, -0.2) is 9.78 Å². The fourth-order valence-corrected chi connectivity index (χ4v) is 2.50. The molecule has 0 saturated carbocycles. The summed E-state index contributed by atoms with van der Waals surface area (Å²) in [4.78, 5) is 14.8. The molecule has 0 aliphatic carbocycles. The van der Waals surface area contributed by atoms with Crippen LogP contribution in [-0.2, 0) is 9.47 Å². The van der Waals surface area contributed by atoms with Gasteiger partial charge in [-0.2, -0.15) is 4.39 Å². The van der Waals surface area contributed by atoms with E-state index < -0.39 is 17.7 Å². The van der Waals surface area contributed by atoms with Crippen molar-refractivity contribution in [2.45, 2.75) is 19.4 Å². The van der Waals surface area contributed by atoms with Gasteiger partial charge in [-0.15, -0.1) is 0 Å². The molecule has 1 aromatic heterocycles. The van der Waals surface area contributed by atoms with Gasteiger partial charge in [0.25, 0.3) is 0 Å². The highest BCUT2D eigenvalue weighted by Crippen LogP contribution is 2.38. The van der Waals surface area contributed by atoms with Crippen LogP contribution in [0.3, 0.4) is 0 Å². The molecule has 0 N–H and O–H groups in total. The fourth-order valence-electron chi connectivity index (χ4n) is 1.44. The molecule has 2 heterocycles. The molecule has 90 valence electrons. The van der Waals surface area contributed by atoms with Gasteiger partial charge >= 0.3 is 6.16 Å². The van der Waals surface area contributed by atoms with Crippen LogP contribution in [0.15, 0.2) is 24.0 Å². The second-order valence-electron chi connectivity index (χ2n) is 3.95. The lowest BCUT2D eigenvalue weighted by atomic mass is 10.1. The van der Waals surface area contributed by atoms with Gasteiger partial charge in [0.1, 0.15) is 0 Å². The van der Waals surface area contributed by atoms with E-state index in [0.29, 0.717) is 15.0 Å². The molecular formula is C11H9FINO3. The molecule has 0 amide bonds. The predicted molar refractivity (Wildman–Crippen MR) is 66.8 cm³/mol. The van der Waals surface area contributed by atoms with E-state index in [9.17, 15) is 9.18 Å². The first-order chi connectivity index (χ1) is 7.90. The number of carbonyl (C=O) groups is 1. The van der Waals surface area contributed by atoms with Crippen LogP contribution in [0.1, 0.15) is 19.5 Å². The molecule has 6 heteroatoms. The molecule has 1 aliphatic heterocycles. The molecule has 2 rings (SSSR count). The zero-order valence-electron chi connectivity index (χ0n) is 9.16. The zero-order chi connectivity index (χ0) is 12.6. The van der Waals surface area contributed by atoms with Crippen LogP contribution in [0.2, 0.25) is 0 Å². The monoisotopic (exact) mass is 349 g/mol. The van der Waals surface area contributed by atoms with E-state index in [1.54, 1.807) is 26.0 Å². The number of nitrogens with zero attached hydrogens (tertiary/aromatic N) is 1. The van der Waals surface area contributed by atoms with Crippen molar-refractivity contribution in [1.29, 1.82) is 0 Å². The van der Waals surface area contributed by atoms with Crippen LogP contribution in [0, 0.1) is 5.95 Å². The minimum Gasteiger partial charge on any atom is -0.420 e. The van der Waals surface area contributed by atoms with Crippen LogP contribution in [0.4, 0.5) is 9.18 Å². The maximum Gasteiger partial charge on any atom is 0.514 e. The second kappa shape index (κ2) is 4.25. The molecule has 0 aromatic carbocycles. The number of cyclic esters (lactones) is 2. The lowest BCUT2D eigenvalue weighted by Gasteiger charge is -2.15. The minimum absolute atomic E-state index is 0.348. The zero-order valence-corrected chi connectivity index (χ0v) is 11.3. The summed E-state index contributed by atoms with van der Waals surface area (Å²) in [6, 6.07) is 4.43. The summed E-state index contributed by atoms with van der Waals surface area (Å²) in [5.41, 5.74) is -0.450. The van der Waals surface area contributed by atoms with Crippen molar-refractivity contribution >= 4 is 32.3 Å². The van der Waals surface area contributed by atoms with Crippen molar-refractivity contribution in [1.82, 2.24) is 4.98 Å². The Bertz CT molecular complexity index is 513. The predicted octanol–water partition coefficient (Wildman–Crippen LogP) is 3.27. The van der Waals surface area contributed by atoms with E-state index in [4.69, 9.17) is 9.47 Å². The van der Waals surface area contributed by atoms with Crippen molar-refractivity contribution in [2.24, 2.45) is 0 Å². The van der Waals surface area contributed by atoms with Crippen LogP contribution < -0.4 is 0 Å². The van der Waals surface area contributed by atoms with Crippen molar-refractivity contribution in [2.75, 3.05) is 0 Å². The number of aromatic nitrogens is 1. The summed E-state index contributed by atoms with van der Waals surface area (Å²) in [6.45, 7) is 3.40. The Morgan fingerprint density at radius 3 is 2.71 bits per heavy atom. The van der Waals surface area contributed by atoms with E-state index in [2.05, 4.69) is 4.98 Å². The number of hydrogen-bond acceptors (Lipinski definition) is 4. The van der Waals surface area contributed by atoms with E-state index in [1.165, 1.54) is 6.07 Å². The molecule has 4 nitrogen and oxygen atoms in total. The average Bonchev–Trinajstić information content (AvgIpc) is 2.51. The maximum atomic E-state index is 13.0. The molecule has 0 radical (unpaired) electrons. The topological polar surface area (TPSA) is 48.4 Å². The summed E-state index contributed by atoms with van der Waals surface area (Å²) >= 11 is 1.95. The molecule has 0 bridgehead atoms. The van der Waals surface area contributed by atoms with E-state index in [0.717, 1.165) is 0 Å². The Kier molecular flexibility index (Phi) is 3.07. The summed E-state index contributed by atoms with van der Waals surface area (Å²) in [5, 5.41) is 0. The highest BCUT2D eigenvalue weighted by molar-refractivity contribution is 14.1. The first-order valence-electron chi connectivity index (χ1n) is 4.84. The average molecular weight is 349 g/mol. The molecule has 1 saturated heterocycles. The van der Waals surface area contributed by atoms with E-state index >= 15 is 0 Å². The first kappa shape index (κ1) is 12.3. The Morgan fingerprint density at radius 1 is 1.47 bits per heavy atom. The lowest BCUT2D eigenvalue weighted by molar-refractivity contribution is 0.0873. The minimum atomic E-state index is -0.860. The van der Waals surface area contributed by atoms with Crippen LogP contribution in [0.5, 0.6) is 0 Å². The number of rotatable bonds is 1. The van der Waals surface area contributed by atoms with Crippen LogP contribution in [-0.4, -0.2) is 16.7 Å². The number of hydrogen-bond donors (Lipinski definition) is 0. The third-order valence-corrected chi connectivity index (χ3v) is 3.25. The Morgan fingerprint density at radius 2 is 2.18 bits per heavy atom. The smallest absolute Gasteiger partial charge is 0.420 e. The standard InChI is InChI=1S/C11H9FINO3/c1-11(2)9(16-10(15)17-11)8(13)6-4-3-5-7(12)14-6/h3-5H,1-2H3/b9-8+. The summed E-state index contributed by atoms with van der Waals surface area (Å²) < 4.78 is 23.5. The number of pyridine rings is 1. The van der Waals surface area contributed by atoms with Gasteiger partial charge in [-0.1, -0.05) is 6.07 Å². The second-order valence-corrected chi connectivity index (χ2v) is 5.03. The highest BCUT2D eigenvalue weighted by atomic mass is 127. The quantitative estimate of drug-likeness (QED) is 0.444. The highest BCUT2D eigenvalue weighted by Gasteiger charge is 2.41. The van der Waals surface area contributed by atoms with E-state index in [-0.39, 0.29) is 0 Å². The van der Waals surface area contributed by atoms with Gasteiger partial charge in [0.2, 0.25) is 5.95 Å². The Hall–Kier alpha value is -1.18. The van der Waals surface area contributed by atoms with Gasteiger partial charge in [0.15, 0.2) is 11.4 Å². The SMILES string of the molecule is CC1(C)OC(=O)O/C1=C(/I)c1cccc(F)n1. The largest absolute Gasteiger partial charge is 0.514 e. The Balaban J connectivity index is 2.48. The molecule has 1 aliphatic rings. The lowest BCUT2D eigenvalue weighted by Crippen LogP contribution is -2.21. The number of carbonyl (C=O) groups excluding carboxylic acids is 1. The van der Waals surface area contributed by atoms with Gasteiger partial charge in [-0.05, 0) is 48.6 Å². The van der Waals surface area contributed by atoms with E-state index in [1.807, 2.05) is 22.6 Å². The van der Waals surface area contributed by atoms with Gasteiger partial charge in [0, 0.05) is 0 Å². The van der Waals surface area contributed by atoms with Gasteiger partial charge < -0.3 is 9.47 Å². The number of halogens is 2. The van der Waals surface area contributed by atoms with Crippen LogP contribution >= 0.6 is 22.6 Å². The van der Waals surface area contributed by atoms with Crippen molar-refractivity contribution < 1.29 is 18.7 Å². The fraction of sp³-hybridized carbons (Fsp3) is 0.273. The van der Waals surface area contributed by atoms with Crippen molar-refractivity contribution in [3.05, 3.63) is 35.6 Å². The molecular weight excluding hydrogens is 340 g/mol. The maximum absolute atomic E-state index is 13.0. The molecule has 0 unspecified atom stereocenters. The first-order valence-corrected chi connectivity index (χ1v) is 5.92. The normalized spacial score (nSPS) is 20.8. The third-order valence-electron chi connectivity index (χ3n) is 2.21. The molecule has 1 fully saturated rings. The molecule has 17 heavy (non-hydrogen) atoms. The third kappa shape index (κ3) is 2.41. The summed E-state index contributed by atoms with van der Waals surface area (Å²) in [7, 11) is 0. The number of ether oxygens (including phenoxy) is 2. The summed E-state index contributed by atoms with van der Waals surface area (Å²) in [5.74, 6) is -0.235. The van der Waals surface area contributed by atoms with Gasteiger partial charge in [0.05, 0.1) is 9.27 Å².